The van der Waals surface area contributed by atoms with Gasteiger partial charge in [0.2, 0.25) is 15.9 Å². The van der Waals surface area contributed by atoms with Crippen LogP contribution in [0.15, 0.2) is 16.3 Å². The van der Waals surface area contributed by atoms with Gasteiger partial charge < -0.3 is 14.8 Å². The third kappa shape index (κ3) is 5.55. The van der Waals surface area contributed by atoms with Gasteiger partial charge in [-0.25, -0.2) is 13.6 Å². The normalized spacial score (nSPS) is 13.2. The number of carbonyl (C=O) groups excluding carboxylic acids is 1. The van der Waals surface area contributed by atoms with Gasteiger partial charge in [0.25, 0.3) is 0 Å². The summed E-state index contributed by atoms with van der Waals surface area (Å²) >= 11 is 1.03. The van der Waals surface area contributed by atoms with Gasteiger partial charge in [-0.2, -0.15) is 0 Å². The molecule has 1 amide bonds. The van der Waals surface area contributed by atoms with Crippen molar-refractivity contribution in [2.45, 2.75) is 17.2 Å². The van der Waals surface area contributed by atoms with Crippen molar-refractivity contribution in [3.8, 4) is 0 Å². The monoisotopic (exact) mass is 322 g/mol. The van der Waals surface area contributed by atoms with E-state index in [4.69, 9.17) is 14.6 Å². The van der Waals surface area contributed by atoms with E-state index in [0.29, 0.717) is 18.1 Å². The molecule has 0 saturated carbocycles. The van der Waals surface area contributed by atoms with Crippen LogP contribution in [0.4, 0.5) is 0 Å². The molecule has 114 valence electrons. The third-order valence-electron chi connectivity index (χ3n) is 2.35. The van der Waals surface area contributed by atoms with E-state index in [0.717, 1.165) is 11.3 Å². The number of carbonyl (C=O) groups is 1. The largest absolute Gasteiger partial charge is 0.382 e. The van der Waals surface area contributed by atoms with Crippen molar-refractivity contribution in [3.05, 3.63) is 17.0 Å². The molecule has 7 nitrogen and oxygen atoms in total. The van der Waals surface area contributed by atoms with Crippen LogP contribution in [-0.2, 0) is 24.3 Å². The van der Waals surface area contributed by atoms with Gasteiger partial charge in [-0.1, -0.05) is 0 Å². The van der Waals surface area contributed by atoms with Gasteiger partial charge in [0, 0.05) is 12.0 Å². The average molecular weight is 322 g/mol. The Morgan fingerprint density at radius 3 is 2.70 bits per heavy atom. The fraction of sp³-hybridized carbons (Fsp3) is 0.545. The van der Waals surface area contributed by atoms with Crippen LogP contribution in [0.25, 0.3) is 0 Å². The Morgan fingerprint density at radius 1 is 1.45 bits per heavy atom. The molecule has 0 aliphatic carbocycles. The fourth-order valence-corrected chi connectivity index (χ4v) is 3.13. The van der Waals surface area contributed by atoms with Crippen LogP contribution >= 0.6 is 11.3 Å². The molecule has 1 rings (SSSR count). The van der Waals surface area contributed by atoms with E-state index in [1.54, 1.807) is 20.1 Å². The highest BCUT2D eigenvalue weighted by Crippen LogP contribution is 2.25. The van der Waals surface area contributed by atoms with Crippen LogP contribution in [0, 0.1) is 0 Å². The molecule has 0 spiro atoms. The summed E-state index contributed by atoms with van der Waals surface area (Å²) < 4.78 is 32.3. The molecular formula is C11H18N2O5S2. The first-order valence-electron chi connectivity index (χ1n) is 5.83. The van der Waals surface area contributed by atoms with Crippen molar-refractivity contribution in [2.24, 2.45) is 5.14 Å². The minimum absolute atomic E-state index is 0.0683. The van der Waals surface area contributed by atoms with Crippen molar-refractivity contribution in [1.82, 2.24) is 5.32 Å². The van der Waals surface area contributed by atoms with Gasteiger partial charge in [-0.3, -0.25) is 4.79 Å². The van der Waals surface area contributed by atoms with Crippen molar-refractivity contribution in [1.29, 1.82) is 0 Å². The van der Waals surface area contributed by atoms with E-state index >= 15 is 0 Å². The van der Waals surface area contributed by atoms with Gasteiger partial charge in [-0.05, 0) is 19.1 Å². The Labute approximate surface area is 122 Å². The molecule has 0 aromatic carbocycles. The Balaban J connectivity index is 2.48. The standard InChI is InChI=1S/C11H18N2O5S2/c1-8(13-10(14)7-18-6-5-17-2)9-3-4-11(19-9)20(12,15)16/h3-4,8H,5-7H2,1-2H3,(H,13,14)(H2,12,15,16). The second-order valence-corrected chi connectivity index (χ2v) is 6.94. The Bertz CT molecular complexity index is 541. The molecule has 0 aliphatic heterocycles. The molecule has 0 aliphatic rings. The first kappa shape index (κ1) is 17.1. The van der Waals surface area contributed by atoms with Crippen LogP contribution in [0.1, 0.15) is 17.8 Å². The molecule has 20 heavy (non-hydrogen) atoms. The lowest BCUT2D eigenvalue weighted by atomic mass is 10.3. The number of nitrogens with two attached hydrogens (primary N) is 1. The van der Waals surface area contributed by atoms with E-state index in [-0.39, 0.29) is 22.8 Å². The highest BCUT2D eigenvalue weighted by molar-refractivity contribution is 7.91. The van der Waals surface area contributed by atoms with Crippen LogP contribution in [-0.4, -0.2) is 41.3 Å². The van der Waals surface area contributed by atoms with E-state index < -0.39 is 10.0 Å². The van der Waals surface area contributed by atoms with Crippen molar-refractivity contribution in [2.75, 3.05) is 26.9 Å². The van der Waals surface area contributed by atoms with E-state index in [2.05, 4.69) is 5.32 Å². The number of sulfonamides is 1. The number of primary sulfonamides is 1. The zero-order valence-electron chi connectivity index (χ0n) is 11.3. The van der Waals surface area contributed by atoms with E-state index in [1.165, 1.54) is 6.07 Å². The summed E-state index contributed by atoms with van der Waals surface area (Å²) in [5, 5.41) is 7.74. The summed E-state index contributed by atoms with van der Waals surface area (Å²) in [7, 11) is -2.15. The van der Waals surface area contributed by atoms with Crippen molar-refractivity contribution < 1.29 is 22.7 Å². The van der Waals surface area contributed by atoms with E-state index in [1.807, 2.05) is 0 Å². The lowest BCUT2D eigenvalue weighted by molar-refractivity contribution is -0.126. The summed E-state index contributed by atoms with van der Waals surface area (Å²) in [5.74, 6) is -0.279. The first-order chi connectivity index (χ1) is 9.34. The first-order valence-corrected chi connectivity index (χ1v) is 8.19. The van der Waals surface area contributed by atoms with Crippen molar-refractivity contribution in [3.63, 3.8) is 0 Å². The van der Waals surface area contributed by atoms with Crippen molar-refractivity contribution >= 4 is 27.3 Å². The highest BCUT2D eigenvalue weighted by atomic mass is 32.2. The van der Waals surface area contributed by atoms with Crippen LogP contribution in [0.5, 0.6) is 0 Å². The molecule has 1 unspecified atom stereocenters. The third-order valence-corrected chi connectivity index (χ3v) is 5.06. The number of methoxy groups -OCH3 is 1. The summed E-state index contributed by atoms with van der Waals surface area (Å²) in [6.45, 7) is 2.45. The lowest BCUT2D eigenvalue weighted by Gasteiger charge is -2.12. The van der Waals surface area contributed by atoms with E-state index in [9.17, 15) is 13.2 Å². The van der Waals surface area contributed by atoms with Gasteiger partial charge in [-0.15, -0.1) is 11.3 Å². The molecule has 0 bridgehead atoms. The van der Waals surface area contributed by atoms with Crippen LogP contribution in [0.2, 0.25) is 0 Å². The van der Waals surface area contributed by atoms with Crippen LogP contribution in [0.3, 0.4) is 0 Å². The minimum Gasteiger partial charge on any atom is -0.382 e. The quantitative estimate of drug-likeness (QED) is 0.666. The minimum atomic E-state index is -3.70. The Morgan fingerprint density at radius 2 is 2.15 bits per heavy atom. The number of hydrogen-bond acceptors (Lipinski definition) is 6. The second kappa shape index (κ2) is 7.70. The smallest absolute Gasteiger partial charge is 0.247 e. The number of thiophene rings is 1. The van der Waals surface area contributed by atoms with Gasteiger partial charge >= 0.3 is 0 Å². The molecule has 3 N–H and O–H groups in total. The number of amides is 1. The molecule has 1 aromatic rings. The molecule has 0 fully saturated rings. The maximum absolute atomic E-state index is 11.6. The molecule has 1 heterocycles. The maximum Gasteiger partial charge on any atom is 0.247 e. The van der Waals surface area contributed by atoms with Crippen LogP contribution < -0.4 is 10.5 Å². The molecule has 0 radical (unpaired) electrons. The highest BCUT2D eigenvalue weighted by Gasteiger charge is 2.16. The predicted octanol–water partition coefficient (Wildman–Crippen LogP) is 0.236. The summed E-state index contributed by atoms with van der Waals surface area (Å²) in [4.78, 5) is 12.3. The number of hydrogen-bond donors (Lipinski definition) is 2. The summed E-state index contributed by atoms with van der Waals surface area (Å²) in [5.41, 5.74) is 0. The zero-order valence-corrected chi connectivity index (χ0v) is 12.9. The van der Waals surface area contributed by atoms with Gasteiger partial charge in [0.1, 0.15) is 10.8 Å². The fourth-order valence-electron chi connectivity index (χ4n) is 1.38. The van der Waals surface area contributed by atoms with Gasteiger partial charge in [0.15, 0.2) is 0 Å². The number of rotatable bonds is 8. The maximum atomic E-state index is 11.6. The average Bonchev–Trinajstić information content (AvgIpc) is 2.84. The second-order valence-electron chi connectivity index (χ2n) is 4.04. The zero-order chi connectivity index (χ0) is 15.2. The molecule has 0 saturated heterocycles. The van der Waals surface area contributed by atoms with Gasteiger partial charge in [0.05, 0.1) is 19.3 Å². The Kier molecular flexibility index (Phi) is 6.56. The molecule has 9 heteroatoms. The summed E-state index contributed by atoms with van der Waals surface area (Å²) in [6, 6.07) is 2.74. The molecule has 1 aromatic heterocycles. The SMILES string of the molecule is COCCOCC(=O)NC(C)c1ccc(S(N)(=O)=O)s1. The lowest BCUT2D eigenvalue weighted by Crippen LogP contribution is -2.30. The number of ether oxygens (including phenoxy) is 2. The topological polar surface area (TPSA) is 108 Å². The summed E-state index contributed by atoms with van der Waals surface area (Å²) in [6.07, 6.45) is 0. The molecular weight excluding hydrogens is 304 g/mol. The Hall–Kier alpha value is -1.00. The number of nitrogens with one attached hydrogen (secondary N) is 1. The molecule has 1 atom stereocenters. The predicted molar refractivity (Wildman–Crippen MR) is 74.9 cm³/mol.